The summed E-state index contributed by atoms with van der Waals surface area (Å²) in [6.07, 6.45) is 2.20. The quantitative estimate of drug-likeness (QED) is 0.907. The number of hydrogen-bond donors (Lipinski definition) is 1. The fourth-order valence-electron chi connectivity index (χ4n) is 3.33. The molecule has 1 saturated heterocycles. The zero-order valence-corrected chi connectivity index (χ0v) is 14.0. The number of rotatable bonds is 5. The Morgan fingerprint density at radius 1 is 1.32 bits per heavy atom. The highest BCUT2D eigenvalue weighted by atomic mass is 16.2. The maximum absolute atomic E-state index is 12.4. The van der Waals surface area contributed by atoms with Crippen molar-refractivity contribution in [3.05, 3.63) is 35.9 Å². The van der Waals surface area contributed by atoms with Crippen LogP contribution in [0.4, 0.5) is 0 Å². The van der Waals surface area contributed by atoms with Gasteiger partial charge in [0.1, 0.15) is 0 Å². The molecule has 2 atom stereocenters. The number of nitrogens with two attached hydrogens (primary N) is 1. The van der Waals surface area contributed by atoms with Gasteiger partial charge >= 0.3 is 0 Å². The molecule has 1 heterocycles. The summed E-state index contributed by atoms with van der Waals surface area (Å²) in [4.78, 5) is 16.9. The van der Waals surface area contributed by atoms with Gasteiger partial charge in [0.15, 0.2) is 0 Å². The normalized spacial score (nSPS) is 20.9. The number of likely N-dealkylation sites (tertiary alicyclic amines) is 1. The highest BCUT2D eigenvalue weighted by molar-refractivity contribution is 5.81. The van der Waals surface area contributed by atoms with Crippen molar-refractivity contribution in [3.8, 4) is 0 Å². The maximum Gasteiger partial charge on any atom is 0.239 e. The van der Waals surface area contributed by atoms with Crippen molar-refractivity contribution in [1.82, 2.24) is 9.80 Å². The Morgan fingerprint density at radius 2 is 2.00 bits per heavy atom. The van der Waals surface area contributed by atoms with Gasteiger partial charge in [0.2, 0.25) is 5.91 Å². The van der Waals surface area contributed by atoms with Gasteiger partial charge in [-0.3, -0.25) is 9.69 Å². The predicted octanol–water partition coefficient (Wildman–Crippen LogP) is 2.24. The number of carbonyl (C=O) groups excluding carboxylic acids is 1. The minimum absolute atomic E-state index is 0.0709. The van der Waals surface area contributed by atoms with Crippen LogP contribution in [-0.4, -0.2) is 46.9 Å². The minimum Gasteiger partial charge on any atom is -0.335 e. The molecule has 4 heteroatoms. The third-order valence-electron chi connectivity index (χ3n) is 4.32. The lowest BCUT2D eigenvalue weighted by molar-refractivity contribution is -0.138. The summed E-state index contributed by atoms with van der Waals surface area (Å²) >= 11 is 0. The summed E-state index contributed by atoms with van der Waals surface area (Å²) in [5.74, 6) is 0.0709. The van der Waals surface area contributed by atoms with Crippen molar-refractivity contribution < 1.29 is 4.79 Å². The highest BCUT2D eigenvalue weighted by Crippen LogP contribution is 2.20. The van der Waals surface area contributed by atoms with Crippen molar-refractivity contribution in [2.75, 3.05) is 13.1 Å². The van der Waals surface area contributed by atoms with Gasteiger partial charge in [-0.05, 0) is 45.7 Å². The second-order valence-electron chi connectivity index (χ2n) is 6.64. The van der Waals surface area contributed by atoms with E-state index in [-0.39, 0.29) is 18.0 Å². The summed E-state index contributed by atoms with van der Waals surface area (Å²) < 4.78 is 0. The third kappa shape index (κ3) is 4.31. The molecule has 0 saturated carbocycles. The summed E-state index contributed by atoms with van der Waals surface area (Å²) in [5.41, 5.74) is 7.17. The van der Waals surface area contributed by atoms with E-state index in [4.69, 9.17) is 5.73 Å². The van der Waals surface area contributed by atoms with Crippen molar-refractivity contribution in [2.24, 2.45) is 5.73 Å². The molecule has 0 aliphatic carbocycles. The van der Waals surface area contributed by atoms with Crippen LogP contribution >= 0.6 is 0 Å². The molecule has 4 nitrogen and oxygen atoms in total. The number of benzene rings is 1. The molecular formula is C18H29N3O. The van der Waals surface area contributed by atoms with E-state index < -0.39 is 6.04 Å². The number of piperidine rings is 1. The molecule has 1 unspecified atom stereocenters. The summed E-state index contributed by atoms with van der Waals surface area (Å²) in [6.45, 7) is 8.93. The minimum atomic E-state index is -0.424. The Bertz CT molecular complexity index is 472. The molecule has 122 valence electrons. The topological polar surface area (TPSA) is 49.6 Å². The van der Waals surface area contributed by atoms with Crippen molar-refractivity contribution >= 4 is 5.91 Å². The summed E-state index contributed by atoms with van der Waals surface area (Å²) in [5, 5.41) is 0. The Morgan fingerprint density at radius 3 is 2.59 bits per heavy atom. The lowest BCUT2D eigenvalue weighted by Gasteiger charge is -2.42. The molecule has 2 rings (SSSR count). The molecule has 2 N–H and O–H groups in total. The predicted molar refractivity (Wildman–Crippen MR) is 90.4 cm³/mol. The van der Waals surface area contributed by atoms with E-state index in [1.165, 1.54) is 5.56 Å². The van der Waals surface area contributed by atoms with Crippen molar-refractivity contribution in [2.45, 2.75) is 58.3 Å². The Balaban J connectivity index is 2.03. The molecule has 1 aromatic carbocycles. The molecule has 0 spiro atoms. The maximum atomic E-state index is 12.4. The molecule has 0 bridgehead atoms. The van der Waals surface area contributed by atoms with Gasteiger partial charge in [0.25, 0.3) is 0 Å². The van der Waals surface area contributed by atoms with Crippen LogP contribution in [0.5, 0.6) is 0 Å². The SMILES string of the molecule is CC(C)N(C(=O)[C@H](C)N)C1CCCN(Cc2ccccc2)C1. The zero-order chi connectivity index (χ0) is 16.1. The van der Waals surface area contributed by atoms with E-state index in [2.05, 4.69) is 43.0 Å². The number of amides is 1. The molecule has 1 aliphatic rings. The second kappa shape index (κ2) is 7.75. The van der Waals surface area contributed by atoms with Gasteiger partial charge < -0.3 is 10.6 Å². The van der Waals surface area contributed by atoms with Crippen LogP contribution in [0.3, 0.4) is 0 Å². The lowest BCUT2D eigenvalue weighted by atomic mass is 10.0. The zero-order valence-electron chi connectivity index (χ0n) is 14.0. The molecule has 1 fully saturated rings. The van der Waals surface area contributed by atoms with E-state index in [9.17, 15) is 4.79 Å². The first kappa shape index (κ1) is 17.0. The van der Waals surface area contributed by atoms with Crippen LogP contribution < -0.4 is 5.73 Å². The molecule has 1 aromatic rings. The van der Waals surface area contributed by atoms with Crippen LogP contribution in [-0.2, 0) is 11.3 Å². The van der Waals surface area contributed by atoms with E-state index >= 15 is 0 Å². The average molecular weight is 303 g/mol. The second-order valence-corrected chi connectivity index (χ2v) is 6.64. The number of nitrogens with zero attached hydrogens (tertiary/aromatic N) is 2. The van der Waals surface area contributed by atoms with E-state index in [1.807, 2.05) is 11.0 Å². The summed E-state index contributed by atoms with van der Waals surface area (Å²) in [6, 6.07) is 10.6. The number of hydrogen-bond acceptors (Lipinski definition) is 3. The van der Waals surface area contributed by atoms with Gasteiger partial charge in [-0.15, -0.1) is 0 Å². The molecular weight excluding hydrogens is 274 g/mol. The molecule has 22 heavy (non-hydrogen) atoms. The average Bonchev–Trinajstić information content (AvgIpc) is 2.48. The van der Waals surface area contributed by atoms with Crippen LogP contribution in [0.15, 0.2) is 30.3 Å². The Kier molecular flexibility index (Phi) is 5.98. The van der Waals surface area contributed by atoms with Crippen molar-refractivity contribution in [1.29, 1.82) is 0 Å². The Labute approximate surface area is 134 Å². The largest absolute Gasteiger partial charge is 0.335 e. The van der Waals surface area contributed by atoms with E-state index in [0.29, 0.717) is 0 Å². The monoisotopic (exact) mass is 303 g/mol. The summed E-state index contributed by atoms with van der Waals surface area (Å²) in [7, 11) is 0. The van der Waals surface area contributed by atoms with Gasteiger partial charge in [-0.1, -0.05) is 30.3 Å². The molecule has 1 amide bonds. The first-order valence-electron chi connectivity index (χ1n) is 8.33. The van der Waals surface area contributed by atoms with Crippen LogP contribution in [0.2, 0.25) is 0 Å². The van der Waals surface area contributed by atoms with Gasteiger partial charge in [0.05, 0.1) is 6.04 Å². The van der Waals surface area contributed by atoms with Crippen LogP contribution in [0.25, 0.3) is 0 Å². The molecule has 0 radical (unpaired) electrons. The fourth-order valence-corrected chi connectivity index (χ4v) is 3.33. The fraction of sp³-hybridized carbons (Fsp3) is 0.611. The Hall–Kier alpha value is -1.39. The van der Waals surface area contributed by atoms with Gasteiger partial charge in [0, 0.05) is 25.2 Å². The highest BCUT2D eigenvalue weighted by Gasteiger charge is 2.31. The van der Waals surface area contributed by atoms with Crippen LogP contribution in [0, 0.1) is 0 Å². The first-order valence-corrected chi connectivity index (χ1v) is 8.33. The van der Waals surface area contributed by atoms with E-state index in [0.717, 1.165) is 32.5 Å². The standard InChI is InChI=1S/C18H29N3O/c1-14(2)21(18(22)15(3)19)17-10-7-11-20(13-17)12-16-8-5-4-6-9-16/h4-6,8-9,14-15,17H,7,10-13,19H2,1-3H3/t15-,17?/m0/s1. The lowest BCUT2D eigenvalue weighted by Crippen LogP contribution is -2.56. The number of carbonyl (C=O) groups is 1. The molecule has 1 aliphatic heterocycles. The van der Waals surface area contributed by atoms with Gasteiger partial charge in [-0.25, -0.2) is 0 Å². The first-order chi connectivity index (χ1) is 10.5. The smallest absolute Gasteiger partial charge is 0.239 e. The molecule has 0 aromatic heterocycles. The van der Waals surface area contributed by atoms with Gasteiger partial charge in [-0.2, -0.15) is 0 Å². The van der Waals surface area contributed by atoms with Crippen molar-refractivity contribution in [3.63, 3.8) is 0 Å². The van der Waals surface area contributed by atoms with E-state index in [1.54, 1.807) is 6.92 Å². The van der Waals surface area contributed by atoms with Crippen LogP contribution in [0.1, 0.15) is 39.2 Å². The third-order valence-corrected chi connectivity index (χ3v) is 4.32.